The minimum atomic E-state index is -1.40. The fraction of sp³-hybridized carbons (Fsp3) is 0.333. The van der Waals surface area contributed by atoms with Crippen molar-refractivity contribution >= 4 is 23.4 Å². The third-order valence-corrected chi connectivity index (χ3v) is 1.39. The number of rotatable bonds is 1. The summed E-state index contributed by atoms with van der Waals surface area (Å²) in [5, 5.41) is 1.75. The lowest BCUT2D eigenvalue weighted by Crippen LogP contribution is -2.25. The van der Waals surface area contributed by atoms with Gasteiger partial charge in [0.25, 0.3) is 5.91 Å². The van der Waals surface area contributed by atoms with E-state index < -0.39 is 29.3 Å². The first-order chi connectivity index (χ1) is 5.04. The van der Waals surface area contributed by atoms with E-state index in [9.17, 15) is 19.2 Å². The van der Waals surface area contributed by atoms with Crippen molar-refractivity contribution < 1.29 is 19.2 Å². The summed E-state index contributed by atoms with van der Waals surface area (Å²) in [4.78, 5) is 42.4. The number of hydrogen-bond donors (Lipinski definition) is 1. The van der Waals surface area contributed by atoms with Crippen LogP contribution < -0.4 is 5.32 Å². The van der Waals surface area contributed by atoms with Crippen LogP contribution in [0, 0.1) is 5.92 Å². The largest absolute Gasteiger partial charge is 0.299 e. The molecule has 0 radical (unpaired) electrons. The van der Waals surface area contributed by atoms with Gasteiger partial charge in [0.05, 0.1) is 0 Å². The quantitative estimate of drug-likeness (QED) is 0.281. The van der Waals surface area contributed by atoms with E-state index in [4.69, 9.17) is 0 Å². The van der Waals surface area contributed by atoms with E-state index in [-0.39, 0.29) is 0 Å². The molecule has 1 atom stereocenters. The van der Waals surface area contributed by atoms with Gasteiger partial charge in [0.15, 0.2) is 5.92 Å². The third kappa shape index (κ3) is 1.04. The second-order valence-electron chi connectivity index (χ2n) is 2.23. The summed E-state index contributed by atoms with van der Waals surface area (Å²) in [5.41, 5.74) is 0. The predicted molar refractivity (Wildman–Crippen MR) is 32.3 cm³/mol. The van der Waals surface area contributed by atoms with Crippen molar-refractivity contribution in [3.8, 4) is 0 Å². The van der Waals surface area contributed by atoms with Crippen molar-refractivity contribution in [2.75, 3.05) is 0 Å². The van der Waals surface area contributed by atoms with E-state index in [1.807, 2.05) is 0 Å². The molecule has 0 aromatic carbocycles. The van der Waals surface area contributed by atoms with Crippen molar-refractivity contribution in [3.63, 3.8) is 0 Å². The van der Waals surface area contributed by atoms with E-state index >= 15 is 0 Å². The number of imide groups is 1. The molecule has 5 nitrogen and oxygen atoms in total. The van der Waals surface area contributed by atoms with Crippen LogP contribution in [0.3, 0.4) is 0 Å². The van der Waals surface area contributed by atoms with Crippen LogP contribution in [0.25, 0.3) is 0 Å². The van der Waals surface area contributed by atoms with E-state index in [1.54, 1.807) is 5.32 Å². The molecule has 0 aromatic rings. The molecule has 0 bridgehead atoms. The maximum Gasteiger partial charge on any atom is 0.295 e. The van der Waals surface area contributed by atoms with E-state index in [0.29, 0.717) is 0 Å². The van der Waals surface area contributed by atoms with Crippen molar-refractivity contribution in [2.24, 2.45) is 5.92 Å². The van der Waals surface area contributed by atoms with Crippen molar-refractivity contribution in [3.05, 3.63) is 0 Å². The first-order valence-corrected chi connectivity index (χ1v) is 2.93. The Labute approximate surface area is 61.8 Å². The molecule has 11 heavy (non-hydrogen) atoms. The second kappa shape index (κ2) is 2.26. The fourth-order valence-electron chi connectivity index (χ4n) is 0.865. The van der Waals surface area contributed by atoms with Gasteiger partial charge in [0.1, 0.15) is 5.78 Å². The Morgan fingerprint density at radius 1 is 1.36 bits per heavy atom. The molecule has 0 saturated carbocycles. The Hall–Kier alpha value is -1.52. The Kier molecular flexibility index (Phi) is 1.56. The Bertz CT molecular complexity index is 268. The number of hydrogen-bond acceptors (Lipinski definition) is 4. The predicted octanol–water partition coefficient (Wildman–Crippen LogP) is -1.58. The minimum Gasteiger partial charge on any atom is -0.299 e. The number of carbonyl (C=O) groups is 4. The molecule has 1 rings (SSSR count). The van der Waals surface area contributed by atoms with Crippen LogP contribution in [-0.4, -0.2) is 23.4 Å². The Balaban J connectivity index is 2.98. The number of Topliss-reactive ketones (excluding diaryl/α,β-unsaturated/α-hetero) is 2. The SMILES string of the molecule is CC(=O)[C@H]1C(=O)NC(=O)C1=O. The molecule has 1 N–H and O–H groups in total. The standard InChI is InChI=1S/C6H5NO4/c1-2(8)3-4(9)6(11)7-5(3)10/h3H,1H3,(H,7,10,11)/t3-/m1/s1. The van der Waals surface area contributed by atoms with Crippen LogP contribution >= 0.6 is 0 Å². The van der Waals surface area contributed by atoms with Gasteiger partial charge in [-0.2, -0.15) is 0 Å². The highest BCUT2D eigenvalue weighted by Crippen LogP contribution is 2.06. The Morgan fingerprint density at radius 2 is 1.91 bits per heavy atom. The lowest BCUT2D eigenvalue weighted by atomic mass is 10.0. The van der Waals surface area contributed by atoms with Gasteiger partial charge in [0, 0.05) is 0 Å². The molecule has 2 amide bonds. The van der Waals surface area contributed by atoms with E-state index in [0.717, 1.165) is 6.92 Å². The summed E-state index contributed by atoms with van der Waals surface area (Å²) in [6.07, 6.45) is 0. The molecule has 1 aliphatic rings. The molecule has 58 valence electrons. The molecular weight excluding hydrogens is 150 g/mol. The molecule has 1 fully saturated rings. The summed E-state index contributed by atoms with van der Waals surface area (Å²) < 4.78 is 0. The summed E-state index contributed by atoms with van der Waals surface area (Å²) in [5.74, 6) is -4.76. The minimum absolute atomic E-state index is 0.599. The zero-order chi connectivity index (χ0) is 8.59. The van der Waals surface area contributed by atoms with Gasteiger partial charge in [-0.3, -0.25) is 24.5 Å². The van der Waals surface area contributed by atoms with Crippen LogP contribution in [0.1, 0.15) is 6.92 Å². The van der Waals surface area contributed by atoms with Crippen LogP contribution in [-0.2, 0) is 19.2 Å². The number of amides is 2. The third-order valence-electron chi connectivity index (χ3n) is 1.39. The average molecular weight is 155 g/mol. The highest BCUT2D eigenvalue weighted by molar-refractivity contribution is 6.52. The van der Waals surface area contributed by atoms with Crippen LogP contribution in [0.15, 0.2) is 0 Å². The van der Waals surface area contributed by atoms with Gasteiger partial charge in [-0.1, -0.05) is 0 Å². The Morgan fingerprint density at radius 3 is 2.09 bits per heavy atom. The maximum absolute atomic E-state index is 10.7. The van der Waals surface area contributed by atoms with Crippen LogP contribution in [0.5, 0.6) is 0 Å². The van der Waals surface area contributed by atoms with Crippen molar-refractivity contribution in [2.45, 2.75) is 6.92 Å². The smallest absolute Gasteiger partial charge is 0.295 e. The molecule has 1 aliphatic heterocycles. The van der Waals surface area contributed by atoms with Gasteiger partial charge in [-0.25, -0.2) is 0 Å². The van der Waals surface area contributed by atoms with Gasteiger partial charge in [-0.15, -0.1) is 0 Å². The van der Waals surface area contributed by atoms with E-state index in [1.165, 1.54) is 0 Å². The summed E-state index contributed by atoms with van der Waals surface area (Å²) in [6, 6.07) is 0. The molecule has 0 unspecified atom stereocenters. The van der Waals surface area contributed by atoms with Gasteiger partial charge in [-0.05, 0) is 6.92 Å². The molecule has 5 heteroatoms. The summed E-state index contributed by atoms with van der Waals surface area (Å²) >= 11 is 0. The normalized spacial score (nSPS) is 23.7. The maximum atomic E-state index is 10.7. The van der Waals surface area contributed by atoms with Gasteiger partial charge >= 0.3 is 0 Å². The molecular formula is C6H5NO4. The highest BCUT2D eigenvalue weighted by Gasteiger charge is 2.42. The zero-order valence-corrected chi connectivity index (χ0v) is 5.71. The molecule has 1 heterocycles. The molecule has 0 spiro atoms. The highest BCUT2D eigenvalue weighted by atomic mass is 16.2. The fourth-order valence-corrected chi connectivity index (χ4v) is 0.865. The first kappa shape index (κ1) is 7.59. The van der Waals surface area contributed by atoms with Gasteiger partial charge < -0.3 is 0 Å². The molecule has 0 aliphatic carbocycles. The van der Waals surface area contributed by atoms with Crippen LogP contribution in [0.4, 0.5) is 0 Å². The van der Waals surface area contributed by atoms with Crippen LogP contribution in [0.2, 0.25) is 0 Å². The van der Waals surface area contributed by atoms with Crippen molar-refractivity contribution in [1.82, 2.24) is 5.32 Å². The average Bonchev–Trinajstić information content (AvgIpc) is 2.07. The number of nitrogens with one attached hydrogen (secondary N) is 1. The van der Waals surface area contributed by atoms with Gasteiger partial charge in [0.2, 0.25) is 11.7 Å². The summed E-state index contributed by atoms with van der Waals surface area (Å²) in [7, 11) is 0. The topological polar surface area (TPSA) is 80.3 Å². The number of carbonyl (C=O) groups excluding carboxylic acids is 4. The summed E-state index contributed by atoms with van der Waals surface area (Å²) in [6.45, 7) is 1.10. The number of ketones is 2. The lowest BCUT2D eigenvalue weighted by molar-refractivity contribution is -0.139. The second-order valence-corrected chi connectivity index (χ2v) is 2.23. The zero-order valence-electron chi connectivity index (χ0n) is 5.71. The monoisotopic (exact) mass is 155 g/mol. The van der Waals surface area contributed by atoms with Crippen molar-refractivity contribution in [1.29, 1.82) is 0 Å². The molecule has 1 saturated heterocycles. The lowest BCUT2D eigenvalue weighted by Gasteiger charge is -1.94. The first-order valence-electron chi connectivity index (χ1n) is 2.93. The van der Waals surface area contributed by atoms with E-state index in [2.05, 4.69) is 0 Å². The molecule has 0 aromatic heterocycles.